The van der Waals surface area contributed by atoms with E-state index in [1.807, 2.05) is 68.4 Å². The van der Waals surface area contributed by atoms with Crippen LogP contribution in [-0.4, -0.2) is 47.3 Å². The summed E-state index contributed by atoms with van der Waals surface area (Å²) in [6.07, 6.45) is -2.35. The van der Waals surface area contributed by atoms with Gasteiger partial charge in [0.05, 0.1) is 17.7 Å². The quantitative estimate of drug-likeness (QED) is 0.517. The number of aliphatic hydroxyl groups is 2. The van der Waals surface area contributed by atoms with Crippen LogP contribution in [0.3, 0.4) is 0 Å². The first-order valence-electron chi connectivity index (χ1n) is 11.4. The van der Waals surface area contributed by atoms with Gasteiger partial charge in [0.2, 0.25) is 0 Å². The Morgan fingerprint density at radius 2 is 1.40 bits per heavy atom. The average Bonchev–Trinajstić information content (AvgIpc) is 3.22. The molecule has 0 spiro atoms. The minimum Gasteiger partial charge on any atom is -0.459 e. The Balaban J connectivity index is 0.000000363. The van der Waals surface area contributed by atoms with Gasteiger partial charge in [0, 0.05) is 6.42 Å². The van der Waals surface area contributed by atoms with E-state index in [-0.39, 0.29) is 19.6 Å². The SMILES string of the molecule is Cc1ccc(C(=O)OCC2OC(O)CC2OC(=O)c2ccc(C)cc2)cc1.OCc1ccccc1. The third-order valence-corrected chi connectivity index (χ3v) is 5.42. The van der Waals surface area contributed by atoms with Gasteiger partial charge in [-0.15, -0.1) is 0 Å². The molecule has 3 aromatic rings. The second-order valence-corrected chi connectivity index (χ2v) is 8.28. The summed E-state index contributed by atoms with van der Waals surface area (Å²) in [5, 5.41) is 18.3. The van der Waals surface area contributed by atoms with E-state index in [9.17, 15) is 14.7 Å². The summed E-state index contributed by atoms with van der Waals surface area (Å²) in [5.74, 6) is -1.00. The highest BCUT2D eigenvalue weighted by atomic mass is 16.7. The molecule has 7 heteroatoms. The topological polar surface area (TPSA) is 102 Å². The molecule has 0 aromatic heterocycles. The van der Waals surface area contributed by atoms with Crippen molar-refractivity contribution in [2.45, 2.75) is 45.4 Å². The molecule has 1 aliphatic heterocycles. The van der Waals surface area contributed by atoms with Gasteiger partial charge in [0.1, 0.15) is 18.8 Å². The Morgan fingerprint density at radius 3 is 1.91 bits per heavy atom. The van der Waals surface area contributed by atoms with E-state index < -0.39 is 30.4 Å². The van der Waals surface area contributed by atoms with Gasteiger partial charge in [0.15, 0.2) is 6.29 Å². The lowest BCUT2D eigenvalue weighted by Crippen LogP contribution is -2.32. The van der Waals surface area contributed by atoms with E-state index in [1.165, 1.54) is 0 Å². The van der Waals surface area contributed by atoms with Crippen molar-refractivity contribution >= 4 is 11.9 Å². The number of hydrogen-bond donors (Lipinski definition) is 2. The number of aryl methyl sites for hydroxylation is 2. The lowest BCUT2D eigenvalue weighted by atomic mass is 10.1. The molecule has 0 radical (unpaired) electrons. The molecular weight excluding hydrogens is 448 g/mol. The number of rotatable bonds is 6. The van der Waals surface area contributed by atoms with E-state index in [2.05, 4.69) is 0 Å². The van der Waals surface area contributed by atoms with Gasteiger partial charge in [-0.2, -0.15) is 0 Å². The zero-order valence-corrected chi connectivity index (χ0v) is 19.8. The summed E-state index contributed by atoms with van der Waals surface area (Å²) >= 11 is 0. The standard InChI is InChI=1S/C21H22O6.C7H8O/c1-13-3-7-15(8-4-13)20(23)25-12-18-17(11-19(22)26-18)27-21(24)16-9-5-14(2)6-10-16;8-6-7-4-2-1-3-5-7/h3-10,17-19,22H,11-12H2,1-2H3;1-5,8H,6H2. The Labute approximate surface area is 204 Å². The normalized spacial score (nSPS) is 18.8. The Morgan fingerprint density at radius 1 is 0.857 bits per heavy atom. The average molecular weight is 479 g/mol. The maximum atomic E-state index is 12.3. The van der Waals surface area contributed by atoms with Gasteiger partial charge < -0.3 is 24.4 Å². The molecule has 0 aliphatic carbocycles. The summed E-state index contributed by atoms with van der Waals surface area (Å²) in [5.41, 5.74) is 3.88. The maximum Gasteiger partial charge on any atom is 0.338 e. The molecule has 184 valence electrons. The number of esters is 2. The lowest BCUT2D eigenvalue weighted by Gasteiger charge is -2.18. The molecular formula is C28H30O7. The fourth-order valence-electron chi connectivity index (χ4n) is 3.38. The number of hydrogen-bond acceptors (Lipinski definition) is 7. The lowest BCUT2D eigenvalue weighted by molar-refractivity contribution is -0.110. The smallest absolute Gasteiger partial charge is 0.338 e. The highest BCUT2D eigenvalue weighted by Gasteiger charge is 2.38. The molecule has 3 atom stereocenters. The zero-order valence-electron chi connectivity index (χ0n) is 19.8. The summed E-state index contributed by atoms with van der Waals surface area (Å²) < 4.78 is 16.1. The van der Waals surface area contributed by atoms with Crippen LogP contribution >= 0.6 is 0 Å². The first-order valence-corrected chi connectivity index (χ1v) is 11.4. The molecule has 3 unspecified atom stereocenters. The van der Waals surface area contributed by atoms with Crippen LogP contribution in [0.1, 0.15) is 43.8 Å². The minimum atomic E-state index is -1.07. The Hall–Kier alpha value is -3.52. The van der Waals surface area contributed by atoms with Crippen LogP contribution in [0.2, 0.25) is 0 Å². The summed E-state index contributed by atoms with van der Waals surface area (Å²) in [6.45, 7) is 3.88. The van der Waals surface area contributed by atoms with Crippen molar-refractivity contribution in [3.05, 3.63) is 107 Å². The predicted molar refractivity (Wildman–Crippen MR) is 130 cm³/mol. The molecule has 35 heavy (non-hydrogen) atoms. The van der Waals surface area contributed by atoms with Gasteiger partial charge in [0.25, 0.3) is 0 Å². The molecule has 1 fully saturated rings. The molecule has 0 bridgehead atoms. The van der Waals surface area contributed by atoms with Crippen molar-refractivity contribution < 1.29 is 34.0 Å². The van der Waals surface area contributed by atoms with Crippen LogP contribution in [0, 0.1) is 13.8 Å². The molecule has 1 heterocycles. The van der Waals surface area contributed by atoms with Gasteiger partial charge in [-0.3, -0.25) is 0 Å². The van der Waals surface area contributed by atoms with Gasteiger partial charge in [-0.1, -0.05) is 65.7 Å². The summed E-state index contributed by atoms with van der Waals surface area (Å²) in [7, 11) is 0. The number of aliphatic hydroxyl groups excluding tert-OH is 2. The Kier molecular flexibility index (Phi) is 9.55. The van der Waals surface area contributed by atoms with Crippen molar-refractivity contribution in [2.75, 3.05) is 6.61 Å². The molecule has 2 N–H and O–H groups in total. The van der Waals surface area contributed by atoms with E-state index in [1.54, 1.807) is 24.3 Å². The molecule has 1 saturated heterocycles. The zero-order chi connectivity index (χ0) is 25.2. The van der Waals surface area contributed by atoms with Gasteiger partial charge in [-0.05, 0) is 43.7 Å². The number of carbonyl (C=O) groups is 2. The largest absolute Gasteiger partial charge is 0.459 e. The summed E-state index contributed by atoms with van der Waals surface area (Å²) in [6, 6.07) is 23.5. The van der Waals surface area contributed by atoms with Crippen molar-refractivity contribution in [1.82, 2.24) is 0 Å². The number of benzene rings is 3. The minimum absolute atomic E-state index is 0.115. The Bertz CT molecular complexity index is 1080. The number of carbonyl (C=O) groups excluding carboxylic acids is 2. The van der Waals surface area contributed by atoms with Crippen molar-refractivity contribution in [1.29, 1.82) is 0 Å². The monoisotopic (exact) mass is 478 g/mol. The van der Waals surface area contributed by atoms with E-state index in [4.69, 9.17) is 19.3 Å². The van der Waals surface area contributed by atoms with Gasteiger partial charge >= 0.3 is 11.9 Å². The molecule has 1 aliphatic rings. The van der Waals surface area contributed by atoms with E-state index in [0.29, 0.717) is 11.1 Å². The first kappa shape index (κ1) is 26.1. The van der Waals surface area contributed by atoms with Crippen molar-refractivity contribution in [3.63, 3.8) is 0 Å². The molecule has 0 saturated carbocycles. The fourth-order valence-corrected chi connectivity index (χ4v) is 3.38. The molecule has 7 nitrogen and oxygen atoms in total. The summed E-state index contributed by atoms with van der Waals surface area (Å²) in [4.78, 5) is 24.4. The molecule has 0 amide bonds. The van der Waals surface area contributed by atoms with E-state index >= 15 is 0 Å². The van der Waals surface area contributed by atoms with Crippen LogP contribution in [0.15, 0.2) is 78.9 Å². The van der Waals surface area contributed by atoms with E-state index in [0.717, 1.165) is 16.7 Å². The third kappa shape index (κ3) is 8.03. The second kappa shape index (κ2) is 12.8. The molecule has 3 aromatic carbocycles. The van der Waals surface area contributed by atoms with Crippen molar-refractivity contribution in [3.8, 4) is 0 Å². The van der Waals surface area contributed by atoms with Crippen LogP contribution in [-0.2, 0) is 20.8 Å². The highest BCUT2D eigenvalue weighted by Crippen LogP contribution is 2.24. The van der Waals surface area contributed by atoms with Crippen LogP contribution < -0.4 is 0 Å². The predicted octanol–water partition coefficient (Wildman–Crippen LogP) is 3.97. The van der Waals surface area contributed by atoms with Crippen LogP contribution in [0.25, 0.3) is 0 Å². The van der Waals surface area contributed by atoms with Crippen molar-refractivity contribution in [2.24, 2.45) is 0 Å². The maximum absolute atomic E-state index is 12.3. The van der Waals surface area contributed by atoms with Crippen LogP contribution in [0.5, 0.6) is 0 Å². The van der Waals surface area contributed by atoms with Gasteiger partial charge in [-0.25, -0.2) is 9.59 Å². The number of ether oxygens (including phenoxy) is 3. The highest BCUT2D eigenvalue weighted by molar-refractivity contribution is 5.90. The first-order chi connectivity index (χ1) is 16.9. The fraction of sp³-hybridized carbons (Fsp3) is 0.286. The second-order valence-electron chi connectivity index (χ2n) is 8.28. The third-order valence-electron chi connectivity index (χ3n) is 5.42. The molecule has 4 rings (SSSR count). The van der Waals surface area contributed by atoms with Crippen LogP contribution in [0.4, 0.5) is 0 Å².